The Labute approximate surface area is 214 Å². The highest BCUT2D eigenvalue weighted by Crippen LogP contribution is 2.44. The van der Waals surface area contributed by atoms with Gasteiger partial charge in [0.15, 0.2) is 11.5 Å². The molecular weight excluding hydrogens is 485 g/mol. The van der Waals surface area contributed by atoms with Gasteiger partial charge in [0, 0.05) is 30.5 Å². The topological polar surface area (TPSA) is 76.1 Å². The van der Waals surface area contributed by atoms with Gasteiger partial charge in [-0.3, -0.25) is 9.59 Å². The van der Waals surface area contributed by atoms with Crippen LogP contribution in [0.1, 0.15) is 34.0 Å². The fourth-order valence-corrected chi connectivity index (χ4v) is 4.67. The van der Waals surface area contributed by atoms with Crippen LogP contribution in [0.2, 0.25) is 5.02 Å². The summed E-state index contributed by atoms with van der Waals surface area (Å²) in [5.74, 6) is -1.06. The molecule has 0 saturated carbocycles. The second kappa shape index (κ2) is 10.6. The maximum Gasteiger partial charge on any atom is 0.323 e. The van der Waals surface area contributed by atoms with Crippen LogP contribution in [0, 0.1) is 5.82 Å². The number of methoxy groups -OCH3 is 1. The van der Waals surface area contributed by atoms with E-state index >= 15 is 0 Å². The Morgan fingerprint density at radius 2 is 1.89 bits per heavy atom. The van der Waals surface area contributed by atoms with Gasteiger partial charge in [0.1, 0.15) is 18.0 Å². The smallest absolute Gasteiger partial charge is 0.323 e. The predicted molar refractivity (Wildman–Crippen MR) is 135 cm³/mol. The predicted octanol–water partition coefficient (Wildman–Crippen LogP) is 5.19. The molecule has 1 amide bonds. The number of nitrogens with zero attached hydrogens (tertiary/aromatic N) is 1. The van der Waals surface area contributed by atoms with Crippen molar-refractivity contribution in [3.63, 3.8) is 0 Å². The number of rotatable bonds is 9. The highest BCUT2D eigenvalue weighted by atomic mass is 35.5. The summed E-state index contributed by atoms with van der Waals surface area (Å²) in [5.41, 5.74) is 2.15. The lowest BCUT2D eigenvalue weighted by Gasteiger charge is -2.24. The number of benzene rings is 3. The first-order valence-corrected chi connectivity index (χ1v) is 11.9. The highest BCUT2D eigenvalue weighted by molar-refractivity contribution is 6.30. The van der Waals surface area contributed by atoms with E-state index in [1.807, 2.05) is 37.3 Å². The Hall–Kier alpha value is -3.58. The van der Waals surface area contributed by atoms with Crippen molar-refractivity contribution in [2.24, 2.45) is 0 Å². The first-order valence-electron chi connectivity index (χ1n) is 11.6. The van der Waals surface area contributed by atoms with Crippen LogP contribution in [0.3, 0.4) is 0 Å². The van der Waals surface area contributed by atoms with E-state index in [4.69, 9.17) is 21.1 Å². The van der Waals surface area contributed by atoms with Gasteiger partial charge in [-0.25, -0.2) is 4.39 Å². The maximum atomic E-state index is 14.0. The van der Waals surface area contributed by atoms with Gasteiger partial charge < -0.3 is 19.5 Å². The van der Waals surface area contributed by atoms with Gasteiger partial charge in [0.2, 0.25) is 0 Å². The summed E-state index contributed by atoms with van der Waals surface area (Å²) in [6.07, 6.45) is 1.41. The molecular formula is C28H27ClFNO5. The molecule has 1 N–H and O–H groups in total. The lowest BCUT2D eigenvalue weighted by Crippen LogP contribution is -2.37. The molecule has 0 aliphatic carbocycles. The molecule has 1 aliphatic heterocycles. The fraction of sp³-hybridized carbons (Fsp3) is 0.286. The Morgan fingerprint density at radius 3 is 2.56 bits per heavy atom. The van der Waals surface area contributed by atoms with E-state index in [1.165, 1.54) is 24.1 Å². The van der Waals surface area contributed by atoms with Gasteiger partial charge in [0.05, 0.1) is 12.1 Å². The third-order valence-electron chi connectivity index (χ3n) is 6.20. The van der Waals surface area contributed by atoms with E-state index in [1.54, 1.807) is 18.2 Å². The number of amides is 1. The monoisotopic (exact) mass is 511 g/mol. The molecule has 3 aromatic carbocycles. The van der Waals surface area contributed by atoms with E-state index in [-0.39, 0.29) is 11.6 Å². The molecule has 8 heteroatoms. The van der Waals surface area contributed by atoms with Gasteiger partial charge in [-0.15, -0.1) is 0 Å². The number of aliphatic carboxylic acids is 1. The number of ether oxygens (including phenoxy) is 2. The van der Waals surface area contributed by atoms with Gasteiger partial charge >= 0.3 is 5.97 Å². The van der Waals surface area contributed by atoms with Crippen LogP contribution in [0.25, 0.3) is 0 Å². The zero-order chi connectivity index (χ0) is 25.9. The van der Waals surface area contributed by atoms with E-state index < -0.39 is 29.8 Å². The van der Waals surface area contributed by atoms with Crippen LogP contribution >= 0.6 is 11.6 Å². The summed E-state index contributed by atoms with van der Waals surface area (Å²) in [6.45, 7) is 1.75. The van der Waals surface area contributed by atoms with Crippen molar-refractivity contribution in [1.29, 1.82) is 0 Å². The number of carboxylic acid groups (broad SMARTS) is 1. The van der Waals surface area contributed by atoms with Gasteiger partial charge in [-0.2, -0.15) is 0 Å². The molecule has 0 spiro atoms. The number of carbonyl (C=O) groups is 2. The molecule has 1 aliphatic rings. The van der Waals surface area contributed by atoms with Crippen LogP contribution in [0.4, 0.5) is 4.39 Å². The van der Waals surface area contributed by atoms with Crippen LogP contribution in [0.5, 0.6) is 11.5 Å². The lowest BCUT2D eigenvalue weighted by molar-refractivity contribution is -0.137. The lowest BCUT2D eigenvalue weighted by atomic mass is 9.91. The molecule has 6 nitrogen and oxygen atoms in total. The molecule has 0 saturated heterocycles. The molecule has 0 fully saturated rings. The number of fused-ring (bicyclic) bond motifs is 1. The van der Waals surface area contributed by atoms with Crippen molar-refractivity contribution in [2.75, 3.05) is 20.2 Å². The number of carboxylic acids is 1. The maximum absolute atomic E-state index is 14.0. The van der Waals surface area contributed by atoms with Crippen molar-refractivity contribution >= 4 is 23.5 Å². The standard InChI is InChI=1S/C28H27ClFNO5/c1-28(15-19-8-9-22(29)23(30)12-19)16-21-13-20(14-24(35-2)26(21)36-28)27(34)31(17-25(32)33)11-10-18-6-4-3-5-7-18/h3-9,12-14H,10-11,15-17H2,1-2H3,(H,32,33)/t28-/m0/s1. The van der Waals surface area contributed by atoms with E-state index in [2.05, 4.69) is 0 Å². The summed E-state index contributed by atoms with van der Waals surface area (Å²) >= 11 is 5.81. The number of hydrogen-bond acceptors (Lipinski definition) is 4. The van der Waals surface area contributed by atoms with E-state index in [0.717, 1.165) is 16.7 Å². The molecule has 1 heterocycles. The summed E-state index contributed by atoms with van der Waals surface area (Å²) in [5, 5.41) is 9.46. The van der Waals surface area contributed by atoms with Crippen LogP contribution in [0.15, 0.2) is 60.7 Å². The number of hydrogen-bond donors (Lipinski definition) is 1. The SMILES string of the molecule is COc1cc(C(=O)N(CCc2ccccc2)CC(=O)O)cc2c1O[C@@](C)(Cc1ccc(Cl)c(F)c1)C2. The van der Waals surface area contributed by atoms with Crippen molar-refractivity contribution in [1.82, 2.24) is 4.90 Å². The van der Waals surface area contributed by atoms with Crippen molar-refractivity contribution in [2.45, 2.75) is 31.8 Å². The number of halogens is 2. The zero-order valence-electron chi connectivity index (χ0n) is 20.1. The molecule has 188 valence electrons. The van der Waals surface area contributed by atoms with Crippen molar-refractivity contribution < 1.29 is 28.6 Å². The Kier molecular flexibility index (Phi) is 7.50. The van der Waals surface area contributed by atoms with Gasteiger partial charge in [-0.05, 0) is 48.7 Å². The van der Waals surface area contributed by atoms with Gasteiger partial charge in [0.25, 0.3) is 5.91 Å². The first-order chi connectivity index (χ1) is 17.2. The normalized spacial score (nSPS) is 16.2. The molecule has 4 rings (SSSR count). The minimum atomic E-state index is -1.09. The Bertz CT molecular complexity index is 1280. The van der Waals surface area contributed by atoms with Crippen LogP contribution in [-0.2, 0) is 24.1 Å². The highest BCUT2D eigenvalue weighted by Gasteiger charge is 2.38. The molecule has 0 unspecified atom stereocenters. The summed E-state index contributed by atoms with van der Waals surface area (Å²) in [6, 6.07) is 17.5. The summed E-state index contributed by atoms with van der Waals surface area (Å²) in [4.78, 5) is 26.2. The second-order valence-corrected chi connectivity index (χ2v) is 9.58. The zero-order valence-corrected chi connectivity index (χ0v) is 20.8. The second-order valence-electron chi connectivity index (χ2n) is 9.18. The third-order valence-corrected chi connectivity index (χ3v) is 6.51. The Morgan fingerprint density at radius 1 is 1.14 bits per heavy atom. The van der Waals surface area contributed by atoms with Crippen molar-refractivity contribution in [3.8, 4) is 11.5 Å². The van der Waals surface area contributed by atoms with Crippen LogP contribution < -0.4 is 9.47 Å². The van der Waals surface area contributed by atoms with Crippen molar-refractivity contribution in [3.05, 3.63) is 93.8 Å². The number of carbonyl (C=O) groups excluding carboxylic acids is 1. The molecule has 0 aromatic heterocycles. The van der Waals surface area contributed by atoms with Crippen LogP contribution in [-0.4, -0.2) is 47.7 Å². The van der Waals surface area contributed by atoms with E-state index in [0.29, 0.717) is 36.3 Å². The molecule has 1 atom stereocenters. The largest absolute Gasteiger partial charge is 0.493 e. The Balaban J connectivity index is 1.57. The summed E-state index contributed by atoms with van der Waals surface area (Å²) in [7, 11) is 1.49. The molecule has 0 bridgehead atoms. The average Bonchev–Trinajstić information content (AvgIpc) is 3.19. The van der Waals surface area contributed by atoms with E-state index in [9.17, 15) is 19.1 Å². The minimum Gasteiger partial charge on any atom is -0.493 e. The molecule has 0 radical (unpaired) electrons. The average molecular weight is 512 g/mol. The first kappa shape index (κ1) is 25.5. The molecule has 3 aromatic rings. The van der Waals surface area contributed by atoms with Gasteiger partial charge in [-0.1, -0.05) is 48.0 Å². The minimum absolute atomic E-state index is 0.0579. The fourth-order valence-electron chi connectivity index (χ4n) is 4.55. The third kappa shape index (κ3) is 5.79. The summed E-state index contributed by atoms with van der Waals surface area (Å²) < 4.78 is 25.7. The molecule has 36 heavy (non-hydrogen) atoms. The quantitative estimate of drug-likeness (QED) is 0.427.